The molecule has 2 unspecified atom stereocenters. The molecule has 4 rings (SSSR count). The molecular weight excluding hydrogens is 739 g/mol. The van der Waals surface area contributed by atoms with Gasteiger partial charge in [0.15, 0.2) is 0 Å². The Morgan fingerprint density at radius 1 is 0.627 bits per heavy atom. The maximum atomic E-state index is 13.2. The summed E-state index contributed by atoms with van der Waals surface area (Å²) in [7, 11) is 3.63. The zero-order valence-corrected chi connectivity index (χ0v) is 39.6. The maximum Gasteiger partial charge on any atom is 0.305 e. The van der Waals surface area contributed by atoms with E-state index < -0.39 is 0 Å². The zero-order chi connectivity index (χ0) is 43.2. The van der Waals surface area contributed by atoms with Gasteiger partial charge < -0.3 is 29.0 Å². The van der Waals surface area contributed by atoms with E-state index in [9.17, 15) is 14.4 Å². The third-order valence-corrected chi connectivity index (χ3v) is 14.5. The van der Waals surface area contributed by atoms with Gasteiger partial charge in [0.1, 0.15) is 6.29 Å². The molecule has 4 bridgehead atoms. The molecule has 2 atom stereocenters. The van der Waals surface area contributed by atoms with Crippen LogP contribution in [0.1, 0.15) is 220 Å². The summed E-state index contributed by atoms with van der Waals surface area (Å²) in [4.78, 5) is 39.9. The van der Waals surface area contributed by atoms with E-state index in [1.807, 2.05) is 11.9 Å². The standard InChI is InChI=1S/C45H80O5.C6H15NO2/c1-5-9-13-18-38(19-14-10-6-2)24-30-49-41(47)22-27-44-33-40-32-43(35-44,26-17-29-46)36-45(34-40,37-44)28-23-42(48)50-31-25-39(20-15-11-7-3)21-16-12-8-4;1-7(3-5-8)4-6-9-2/h29,38-40H,5-28,30-37H2,1-4H3;8H,3-6H2,1-2H3. The summed E-state index contributed by atoms with van der Waals surface area (Å²) in [5, 5.41) is 8.45. The van der Waals surface area contributed by atoms with Gasteiger partial charge in [-0.3, -0.25) is 9.59 Å². The third kappa shape index (κ3) is 21.9. The first-order chi connectivity index (χ1) is 28.5. The van der Waals surface area contributed by atoms with Gasteiger partial charge in [-0.15, -0.1) is 0 Å². The number of aliphatic hydroxyl groups excluding tert-OH is 1. The lowest BCUT2D eigenvalue weighted by Crippen LogP contribution is -2.57. The average Bonchev–Trinajstić information content (AvgIpc) is 3.20. The first-order valence-electron chi connectivity index (χ1n) is 25.1. The van der Waals surface area contributed by atoms with Gasteiger partial charge in [-0.05, 0) is 112 Å². The van der Waals surface area contributed by atoms with Crippen LogP contribution in [0.2, 0.25) is 0 Å². The number of unbranched alkanes of at least 4 members (excludes halogenated alkanes) is 8. The van der Waals surface area contributed by atoms with E-state index in [4.69, 9.17) is 19.3 Å². The van der Waals surface area contributed by atoms with Crippen molar-refractivity contribution < 1.29 is 33.7 Å². The molecule has 59 heavy (non-hydrogen) atoms. The Labute approximate surface area is 363 Å². The minimum atomic E-state index is -0.0242. The highest BCUT2D eigenvalue weighted by atomic mass is 16.5. The van der Waals surface area contributed by atoms with Gasteiger partial charge in [-0.25, -0.2) is 0 Å². The molecule has 4 aliphatic carbocycles. The van der Waals surface area contributed by atoms with Gasteiger partial charge >= 0.3 is 11.9 Å². The predicted octanol–water partition coefficient (Wildman–Crippen LogP) is 12.5. The second-order valence-corrected chi connectivity index (χ2v) is 20.0. The predicted molar refractivity (Wildman–Crippen MR) is 243 cm³/mol. The summed E-state index contributed by atoms with van der Waals surface area (Å²) in [6, 6.07) is 0. The number of carbonyl (C=O) groups excluding carboxylic acids is 3. The SMILES string of the molecule is CCCCCC(CCCCC)CCOC(=O)CCC12CC3CC(CCC=O)(C1)CC(CCC(=O)OCCC(CCCCC)CCCCC)(C3)C2.COCCN(C)CCO. The number of carbonyl (C=O) groups is 3. The molecule has 0 aromatic carbocycles. The summed E-state index contributed by atoms with van der Waals surface area (Å²) in [6.07, 6.45) is 34.8. The van der Waals surface area contributed by atoms with Crippen molar-refractivity contribution in [3.05, 3.63) is 0 Å². The highest BCUT2D eigenvalue weighted by molar-refractivity contribution is 5.69. The molecule has 0 saturated heterocycles. The Kier molecular flexibility index (Phi) is 28.5. The van der Waals surface area contributed by atoms with E-state index in [0.717, 1.165) is 77.3 Å². The van der Waals surface area contributed by atoms with Crippen LogP contribution in [0.25, 0.3) is 0 Å². The van der Waals surface area contributed by atoms with Crippen LogP contribution in [0.15, 0.2) is 0 Å². The highest BCUT2D eigenvalue weighted by Gasteiger charge is 2.62. The summed E-state index contributed by atoms with van der Waals surface area (Å²) in [6.45, 7) is 12.7. The molecule has 0 aromatic heterocycles. The average molecular weight is 834 g/mol. The summed E-state index contributed by atoms with van der Waals surface area (Å²) < 4.78 is 16.6. The van der Waals surface area contributed by atoms with Crippen LogP contribution in [0.5, 0.6) is 0 Å². The molecule has 4 fully saturated rings. The van der Waals surface area contributed by atoms with Gasteiger partial charge in [0, 0.05) is 39.5 Å². The van der Waals surface area contributed by atoms with Gasteiger partial charge in [-0.1, -0.05) is 130 Å². The molecule has 1 N–H and O–H groups in total. The van der Waals surface area contributed by atoms with E-state index in [0.29, 0.717) is 50.2 Å². The van der Waals surface area contributed by atoms with Gasteiger partial charge in [0.05, 0.1) is 26.4 Å². The Bertz CT molecular complexity index is 1020. The van der Waals surface area contributed by atoms with Crippen molar-refractivity contribution in [3.8, 4) is 0 Å². The summed E-state index contributed by atoms with van der Waals surface area (Å²) in [5.74, 6) is 1.94. The van der Waals surface area contributed by atoms with Crippen LogP contribution in [-0.2, 0) is 28.6 Å². The molecule has 0 aromatic rings. The second kappa shape index (κ2) is 31.3. The molecule has 8 heteroatoms. The lowest BCUT2D eigenvalue weighted by atomic mass is 9.37. The second-order valence-electron chi connectivity index (χ2n) is 20.0. The molecule has 0 radical (unpaired) electrons. The first-order valence-corrected chi connectivity index (χ1v) is 25.1. The third-order valence-electron chi connectivity index (χ3n) is 14.5. The molecule has 8 nitrogen and oxygen atoms in total. The Morgan fingerprint density at radius 2 is 1.03 bits per heavy atom. The van der Waals surface area contributed by atoms with Crippen LogP contribution in [-0.4, -0.2) is 81.9 Å². The molecule has 4 aliphatic rings. The number of methoxy groups -OCH3 is 1. The molecular formula is C51H95NO7. The van der Waals surface area contributed by atoms with Crippen LogP contribution in [0.4, 0.5) is 0 Å². The smallest absolute Gasteiger partial charge is 0.305 e. The molecule has 0 amide bonds. The highest BCUT2D eigenvalue weighted by Crippen LogP contribution is 2.73. The molecule has 346 valence electrons. The van der Waals surface area contributed by atoms with Crippen molar-refractivity contribution in [3.63, 3.8) is 0 Å². The quantitative estimate of drug-likeness (QED) is 0.0378. The fraction of sp³-hybridized carbons (Fsp3) is 0.941. The minimum absolute atomic E-state index is 0.0242. The van der Waals surface area contributed by atoms with Gasteiger partial charge in [-0.2, -0.15) is 0 Å². The van der Waals surface area contributed by atoms with E-state index >= 15 is 0 Å². The molecule has 4 saturated carbocycles. The van der Waals surface area contributed by atoms with Crippen LogP contribution in [0.3, 0.4) is 0 Å². The summed E-state index contributed by atoms with van der Waals surface area (Å²) in [5.41, 5.74) is 0.457. The van der Waals surface area contributed by atoms with E-state index in [-0.39, 0.29) is 34.8 Å². The topological polar surface area (TPSA) is 102 Å². The van der Waals surface area contributed by atoms with E-state index in [1.54, 1.807) is 7.11 Å². The fourth-order valence-corrected chi connectivity index (χ4v) is 11.9. The van der Waals surface area contributed by atoms with Crippen molar-refractivity contribution in [2.45, 2.75) is 220 Å². The van der Waals surface area contributed by atoms with Crippen molar-refractivity contribution >= 4 is 18.2 Å². The van der Waals surface area contributed by atoms with Gasteiger partial charge in [0.25, 0.3) is 0 Å². The van der Waals surface area contributed by atoms with Crippen molar-refractivity contribution in [2.75, 3.05) is 53.7 Å². The summed E-state index contributed by atoms with van der Waals surface area (Å²) >= 11 is 0. The Hall–Kier alpha value is -1.51. The van der Waals surface area contributed by atoms with Gasteiger partial charge in [0.2, 0.25) is 0 Å². The van der Waals surface area contributed by atoms with E-state index in [1.165, 1.54) is 122 Å². The van der Waals surface area contributed by atoms with E-state index in [2.05, 4.69) is 27.7 Å². The Balaban J connectivity index is 0.00000119. The number of aliphatic hydroxyl groups is 1. The number of nitrogens with zero attached hydrogens (tertiary/aromatic N) is 1. The maximum absolute atomic E-state index is 13.2. The number of likely N-dealkylation sites (N-methyl/N-ethyl adjacent to an activating group) is 1. The minimum Gasteiger partial charge on any atom is -0.466 e. The van der Waals surface area contributed by atoms with Crippen molar-refractivity contribution in [1.29, 1.82) is 0 Å². The fourth-order valence-electron chi connectivity index (χ4n) is 11.9. The lowest BCUT2D eigenvalue weighted by Gasteiger charge is -2.67. The number of esters is 2. The van der Waals surface area contributed by atoms with Crippen LogP contribution in [0, 0.1) is 34.0 Å². The number of hydrogen-bond donors (Lipinski definition) is 1. The molecule has 0 spiro atoms. The molecule has 0 heterocycles. The van der Waals surface area contributed by atoms with Crippen LogP contribution < -0.4 is 0 Å². The normalized spacial score (nSPS) is 23.2. The molecule has 0 aliphatic heterocycles. The first kappa shape index (κ1) is 53.6. The number of rotatable bonds is 36. The largest absolute Gasteiger partial charge is 0.466 e. The van der Waals surface area contributed by atoms with Crippen LogP contribution >= 0.6 is 0 Å². The number of ether oxygens (including phenoxy) is 3. The Morgan fingerprint density at radius 3 is 1.39 bits per heavy atom. The van der Waals surface area contributed by atoms with Crippen molar-refractivity contribution in [1.82, 2.24) is 4.90 Å². The number of hydrogen-bond acceptors (Lipinski definition) is 8. The van der Waals surface area contributed by atoms with Crippen molar-refractivity contribution in [2.24, 2.45) is 34.0 Å². The zero-order valence-electron chi connectivity index (χ0n) is 39.6. The lowest BCUT2D eigenvalue weighted by molar-refractivity contribution is -0.175. The monoisotopic (exact) mass is 834 g/mol. The number of aldehydes is 1.